The maximum atomic E-state index is 11.6. The number of ether oxygens (including phenoxy) is 2. The Hall–Kier alpha value is -3.46. The van der Waals surface area contributed by atoms with Crippen molar-refractivity contribution in [3.63, 3.8) is 0 Å². The lowest BCUT2D eigenvalue weighted by molar-refractivity contribution is 0.0600. The summed E-state index contributed by atoms with van der Waals surface area (Å²) in [6.07, 6.45) is -0.561. The zero-order valence-corrected chi connectivity index (χ0v) is 13.7. The number of alkyl carbamates (subject to hydrolysis) is 1. The third kappa shape index (κ3) is 5.59. The number of anilines is 1. The molecule has 6 nitrogen and oxygen atoms in total. The van der Waals surface area contributed by atoms with Gasteiger partial charge in [-0.25, -0.2) is 9.59 Å². The maximum Gasteiger partial charge on any atom is 0.408 e. The number of benzene rings is 2. The van der Waals surface area contributed by atoms with Crippen LogP contribution in [0.2, 0.25) is 0 Å². The minimum absolute atomic E-state index is 0.0928. The van der Waals surface area contributed by atoms with Gasteiger partial charge >= 0.3 is 12.1 Å². The lowest BCUT2D eigenvalue weighted by Crippen LogP contribution is -2.24. The quantitative estimate of drug-likeness (QED) is 0.507. The van der Waals surface area contributed by atoms with Crippen LogP contribution in [-0.4, -0.2) is 25.7 Å². The maximum absolute atomic E-state index is 11.6. The number of rotatable bonds is 4. The number of nitrogens with two attached hydrogens (primary N) is 1. The first-order valence-electron chi connectivity index (χ1n) is 7.51. The van der Waals surface area contributed by atoms with Crippen molar-refractivity contribution in [2.24, 2.45) is 0 Å². The van der Waals surface area contributed by atoms with Gasteiger partial charge in [-0.1, -0.05) is 42.2 Å². The Kier molecular flexibility index (Phi) is 6.43. The summed E-state index contributed by atoms with van der Waals surface area (Å²) in [6.45, 7) is 0.281. The fourth-order valence-corrected chi connectivity index (χ4v) is 1.94. The van der Waals surface area contributed by atoms with Gasteiger partial charge in [-0.2, -0.15) is 0 Å². The highest BCUT2D eigenvalue weighted by Gasteiger charge is 2.07. The van der Waals surface area contributed by atoms with Crippen LogP contribution in [0.25, 0.3) is 0 Å². The Balaban J connectivity index is 1.86. The second kappa shape index (κ2) is 8.99. The molecule has 0 atom stereocenters. The zero-order chi connectivity index (χ0) is 18.1. The Labute approximate surface area is 145 Å². The van der Waals surface area contributed by atoms with Crippen LogP contribution in [-0.2, 0) is 16.1 Å². The number of carbonyl (C=O) groups is 2. The van der Waals surface area contributed by atoms with Crippen LogP contribution in [0.4, 0.5) is 10.5 Å². The van der Waals surface area contributed by atoms with Crippen LogP contribution >= 0.6 is 0 Å². The summed E-state index contributed by atoms with van der Waals surface area (Å²) in [5.41, 5.74) is 8.00. The summed E-state index contributed by atoms with van der Waals surface area (Å²) >= 11 is 0. The molecule has 0 aromatic heterocycles. The van der Waals surface area contributed by atoms with Crippen molar-refractivity contribution in [3.05, 3.63) is 65.2 Å². The zero-order valence-electron chi connectivity index (χ0n) is 13.7. The Morgan fingerprint density at radius 2 is 1.92 bits per heavy atom. The van der Waals surface area contributed by atoms with E-state index >= 15 is 0 Å². The molecule has 1 amide bonds. The largest absolute Gasteiger partial charge is 0.465 e. The minimum Gasteiger partial charge on any atom is -0.465 e. The molecule has 0 saturated carbocycles. The van der Waals surface area contributed by atoms with Crippen LogP contribution in [0.1, 0.15) is 21.5 Å². The second-order valence-corrected chi connectivity index (χ2v) is 5.01. The molecule has 25 heavy (non-hydrogen) atoms. The summed E-state index contributed by atoms with van der Waals surface area (Å²) in [6, 6.07) is 14.0. The van der Waals surface area contributed by atoms with E-state index in [1.54, 1.807) is 18.2 Å². The van der Waals surface area contributed by atoms with E-state index in [-0.39, 0.29) is 13.2 Å². The third-order valence-electron chi connectivity index (χ3n) is 3.23. The molecule has 0 aliphatic rings. The van der Waals surface area contributed by atoms with Crippen LogP contribution in [0.3, 0.4) is 0 Å². The summed E-state index contributed by atoms with van der Waals surface area (Å²) in [5, 5.41) is 2.52. The van der Waals surface area contributed by atoms with Gasteiger partial charge in [0, 0.05) is 11.3 Å². The van der Waals surface area contributed by atoms with Crippen LogP contribution in [0.5, 0.6) is 0 Å². The SMILES string of the molecule is COC(=O)c1ccc(N)c(C#CCNC(=O)OCc2ccccc2)c1. The van der Waals surface area contributed by atoms with Gasteiger partial charge in [0.25, 0.3) is 0 Å². The van der Waals surface area contributed by atoms with Gasteiger partial charge < -0.3 is 20.5 Å². The topological polar surface area (TPSA) is 90.6 Å². The number of hydrogen-bond donors (Lipinski definition) is 2. The molecule has 3 N–H and O–H groups in total. The van der Waals surface area contributed by atoms with Crippen molar-refractivity contribution in [2.45, 2.75) is 6.61 Å². The van der Waals surface area contributed by atoms with E-state index in [0.717, 1.165) is 5.56 Å². The van der Waals surface area contributed by atoms with Gasteiger partial charge in [0.1, 0.15) is 6.61 Å². The minimum atomic E-state index is -0.561. The number of methoxy groups -OCH3 is 1. The van der Waals surface area contributed by atoms with E-state index in [9.17, 15) is 9.59 Å². The smallest absolute Gasteiger partial charge is 0.408 e. The average molecular weight is 338 g/mol. The Bertz CT molecular complexity index is 807. The van der Waals surface area contributed by atoms with Crippen molar-refractivity contribution in [1.29, 1.82) is 0 Å². The predicted octanol–water partition coefficient (Wildman–Crippen LogP) is 2.33. The van der Waals surface area contributed by atoms with E-state index in [0.29, 0.717) is 16.8 Å². The van der Waals surface area contributed by atoms with Crippen LogP contribution < -0.4 is 11.1 Å². The van der Waals surface area contributed by atoms with Crippen molar-refractivity contribution in [1.82, 2.24) is 5.32 Å². The van der Waals surface area contributed by atoms with Crippen LogP contribution in [0, 0.1) is 11.8 Å². The summed E-state index contributed by atoms with van der Waals surface area (Å²) in [4.78, 5) is 23.1. The molecule has 2 aromatic carbocycles. The molecule has 0 radical (unpaired) electrons. The Morgan fingerprint density at radius 1 is 1.16 bits per heavy atom. The van der Waals surface area contributed by atoms with Gasteiger partial charge in [0.2, 0.25) is 0 Å². The van der Waals surface area contributed by atoms with E-state index in [2.05, 4.69) is 21.9 Å². The first kappa shape index (κ1) is 17.9. The van der Waals surface area contributed by atoms with Gasteiger partial charge in [-0.05, 0) is 23.8 Å². The molecule has 0 aliphatic heterocycles. The molecular formula is C19H18N2O4. The second-order valence-electron chi connectivity index (χ2n) is 5.01. The fourth-order valence-electron chi connectivity index (χ4n) is 1.94. The summed E-state index contributed by atoms with van der Waals surface area (Å²) < 4.78 is 9.72. The average Bonchev–Trinajstić information content (AvgIpc) is 2.65. The van der Waals surface area contributed by atoms with Crippen molar-refractivity contribution in [3.8, 4) is 11.8 Å². The van der Waals surface area contributed by atoms with Crippen LogP contribution in [0.15, 0.2) is 48.5 Å². The van der Waals surface area contributed by atoms with Crippen molar-refractivity contribution in [2.75, 3.05) is 19.4 Å². The number of hydrogen-bond acceptors (Lipinski definition) is 5. The molecule has 0 heterocycles. The van der Waals surface area contributed by atoms with E-state index in [1.165, 1.54) is 7.11 Å². The molecule has 0 unspecified atom stereocenters. The highest BCUT2D eigenvalue weighted by atomic mass is 16.5. The first-order chi connectivity index (χ1) is 12.1. The van der Waals surface area contributed by atoms with Crippen molar-refractivity contribution >= 4 is 17.7 Å². The van der Waals surface area contributed by atoms with Gasteiger partial charge in [-0.15, -0.1) is 0 Å². The molecule has 6 heteroatoms. The highest BCUT2D eigenvalue weighted by Crippen LogP contribution is 2.13. The van der Waals surface area contributed by atoms with Gasteiger partial charge in [0.05, 0.1) is 19.2 Å². The molecule has 0 bridgehead atoms. The normalized spacial score (nSPS) is 9.48. The molecule has 128 valence electrons. The summed E-state index contributed by atoms with van der Waals surface area (Å²) in [5.74, 6) is 5.10. The standard InChI is InChI=1S/C19H18N2O4/c1-24-18(22)16-9-10-17(20)15(12-16)8-5-11-21-19(23)25-13-14-6-3-2-4-7-14/h2-4,6-7,9-10,12H,11,13,20H2,1H3,(H,21,23). The van der Waals surface area contributed by atoms with Gasteiger partial charge in [-0.3, -0.25) is 0 Å². The molecule has 0 saturated heterocycles. The number of carbonyl (C=O) groups excluding carboxylic acids is 2. The molecule has 2 aromatic rings. The van der Waals surface area contributed by atoms with Crippen molar-refractivity contribution < 1.29 is 19.1 Å². The predicted molar refractivity (Wildman–Crippen MR) is 93.7 cm³/mol. The van der Waals surface area contributed by atoms with Gasteiger partial charge in [0.15, 0.2) is 0 Å². The van der Waals surface area contributed by atoms with E-state index < -0.39 is 12.1 Å². The number of amides is 1. The fraction of sp³-hybridized carbons (Fsp3) is 0.158. The number of nitrogen functional groups attached to an aromatic ring is 1. The number of nitrogens with one attached hydrogen (secondary N) is 1. The monoisotopic (exact) mass is 338 g/mol. The molecule has 0 aliphatic carbocycles. The number of esters is 1. The molecule has 2 rings (SSSR count). The Morgan fingerprint density at radius 3 is 2.64 bits per heavy atom. The third-order valence-corrected chi connectivity index (χ3v) is 3.23. The van der Waals surface area contributed by atoms with E-state index in [4.69, 9.17) is 10.5 Å². The molecule has 0 spiro atoms. The van der Waals surface area contributed by atoms with E-state index in [1.807, 2.05) is 30.3 Å². The summed E-state index contributed by atoms with van der Waals surface area (Å²) in [7, 11) is 1.30. The lowest BCUT2D eigenvalue weighted by atomic mass is 10.1. The molecule has 0 fully saturated rings. The lowest BCUT2D eigenvalue weighted by Gasteiger charge is -2.04. The molecular weight excluding hydrogens is 320 g/mol. The first-order valence-corrected chi connectivity index (χ1v) is 7.51. The highest BCUT2D eigenvalue weighted by molar-refractivity contribution is 5.90.